The number of rotatable bonds is 4. The molecule has 0 bridgehead atoms. The summed E-state index contributed by atoms with van der Waals surface area (Å²) in [6.07, 6.45) is 3.24. The van der Waals surface area contributed by atoms with Crippen LogP contribution in [0.5, 0.6) is 5.75 Å². The van der Waals surface area contributed by atoms with Crippen LogP contribution in [0.25, 0.3) is 11.4 Å². The van der Waals surface area contributed by atoms with Crippen molar-refractivity contribution in [3.63, 3.8) is 0 Å². The molecule has 2 aromatic heterocycles. The Morgan fingerprint density at radius 3 is 2.77 bits per heavy atom. The smallest absolute Gasteiger partial charge is 0.259 e. The van der Waals surface area contributed by atoms with E-state index in [0.29, 0.717) is 28.4 Å². The third-order valence-corrected chi connectivity index (χ3v) is 3.16. The number of pyridine rings is 1. The van der Waals surface area contributed by atoms with E-state index < -0.39 is 0 Å². The lowest BCUT2D eigenvalue weighted by Crippen LogP contribution is -2.13. The first kappa shape index (κ1) is 13.8. The van der Waals surface area contributed by atoms with Crippen molar-refractivity contribution >= 4 is 11.6 Å². The lowest BCUT2D eigenvalue weighted by atomic mass is 10.1. The van der Waals surface area contributed by atoms with Crippen LogP contribution in [0.15, 0.2) is 54.9 Å². The highest BCUT2D eigenvalue weighted by molar-refractivity contribution is 6.07. The van der Waals surface area contributed by atoms with Crippen molar-refractivity contribution in [1.29, 1.82) is 0 Å². The number of benzene rings is 1. The Bertz CT molecular complexity index is 784. The fourth-order valence-electron chi connectivity index (χ4n) is 2.11. The molecule has 3 rings (SSSR count). The number of aromatic nitrogens is 3. The van der Waals surface area contributed by atoms with Crippen LogP contribution < -0.4 is 10.1 Å². The topological polar surface area (TPSA) is 79.9 Å². The summed E-state index contributed by atoms with van der Waals surface area (Å²) in [7, 11) is 1.53. The van der Waals surface area contributed by atoms with Gasteiger partial charge in [-0.05, 0) is 24.3 Å². The summed E-state index contributed by atoms with van der Waals surface area (Å²) < 4.78 is 5.20. The number of H-pyrrole nitrogens is 1. The summed E-state index contributed by atoms with van der Waals surface area (Å²) in [4.78, 5) is 16.7. The molecule has 0 aliphatic heterocycles. The standard InChI is InChI=1S/C16H14N4O2/c1-22-14-8-3-2-6-11(14)16(21)19-13-10-18-20-15(13)12-7-4-5-9-17-12/h2-10H,1H3,(H,18,20)(H,19,21). The largest absolute Gasteiger partial charge is 0.496 e. The summed E-state index contributed by atoms with van der Waals surface area (Å²) in [5.74, 6) is 0.249. The van der Waals surface area contributed by atoms with Crippen molar-refractivity contribution in [2.45, 2.75) is 0 Å². The first-order valence-electron chi connectivity index (χ1n) is 6.68. The van der Waals surface area contributed by atoms with Gasteiger partial charge in [0.2, 0.25) is 0 Å². The average Bonchev–Trinajstić information content (AvgIpc) is 3.03. The molecule has 110 valence electrons. The minimum absolute atomic E-state index is 0.268. The van der Waals surface area contributed by atoms with Gasteiger partial charge in [-0.1, -0.05) is 18.2 Å². The molecular weight excluding hydrogens is 280 g/mol. The summed E-state index contributed by atoms with van der Waals surface area (Å²) in [6.45, 7) is 0. The second kappa shape index (κ2) is 6.09. The number of hydrogen-bond donors (Lipinski definition) is 2. The Morgan fingerprint density at radius 1 is 1.18 bits per heavy atom. The number of anilines is 1. The highest BCUT2D eigenvalue weighted by atomic mass is 16.5. The third kappa shape index (κ3) is 2.67. The summed E-state index contributed by atoms with van der Waals surface area (Å²) >= 11 is 0. The molecule has 0 saturated heterocycles. The normalized spacial score (nSPS) is 10.2. The van der Waals surface area contributed by atoms with Gasteiger partial charge in [0.15, 0.2) is 0 Å². The molecule has 6 nitrogen and oxygen atoms in total. The van der Waals surface area contributed by atoms with Crippen LogP contribution in [0.2, 0.25) is 0 Å². The van der Waals surface area contributed by atoms with Gasteiger partial charge in [0.25, 0.3) is 5.91 Å². The lowest BCUT2D eigenvalue weighted by molar-refractivity contribution is 0.102. The molecule has 1 aromatic carbocycles. The van der Waals surface area contributed by atoms with Crippen LogP contribution in [0.1, 0.15) is 10.4 Å². The van der Waals surface area contributed by atoms with E-state index in [4.69, 9.17) is 4.74 Å². The number of nitrogens with one attached hydrogen (secondary N) is 2. The number of nitrogens with zero attached hydrogens (tertiary/aromatic N) is 2. The number of para-hydroxylation sites is 1. The van der Waals surface area contributed by atoms with E-state index in [1.807, 2.05) is 24.3 Å². The molecule has 6 heteroatoms. The number of aromatic amines is 1. The van der Waals surface area contributed by atoms with Crippen molar-refractivity contribution in [3.05, 3.63) is 60.4 Å². The fraction of sp³-hybridized carbons (Fsp3) is 0.0625. The van der Waals surface area contributed by atoms with Crippen molar-refractivity contribution in [2.75, 3.05) is 12.4 Å². The van der Waals surface area contributed by atoms with E-state index in [2.05, 4.69) is 20.5 Å². The van der Waals surface area contributed by atoms with E-state index in [1.165, 1.54) is 7.11 Å². The van der Waals surface area contributed by atoms with Crippen molar-refractivity contribution < 1.29 is 9.53 Å². The third-order valence-electron chi connectivity index (χ3n) is 3.16. The highest BCUT2D eigenvalue weighted by Gasteiger charge is 2.15. The zero-order valence-corrected chi connectivity index (χ0v) is 11.9. The Morgan fingerprint density at radius 2 is 2.00 bits per heavy atom. The van der Waals surface area contributed by atoms with Crippen LogP contribution in [0.3, 0.4) is 0 Å². The SMILES string of the molecule is COc1ccccc1C(=O)Nc1cn[nH]c1-c1ccccn1. The van der Waals surface area contributed by atoms with Crippen LogP contribution in [-0.4, -0.2) is 28.2 Å². The summed E-state index contributed by atoms with van der Waals surface area (Å²) in [6, 6.07) is 12.6. The lowest BCUT2D eigenvalue weighted by Gasteiger charge is -2.09. The molecule has 0 radical (unpaired) electrons. The van der Waals surface area contributed by atoms with Gasteiger partial charge < -0.3 is 10.1 Å². The maximum atomic E-state index is 12.4. The molecule has 0 spiro atoms. The first-order valence-corrected chi connectivity index (χ1v) is 6.68. The Kier molecular flexibility index (Phi) is 3.82. The zero-order chi connectivity index (χ0) is 15.4. The van der Waals surface area contributed by atoms with Crippen LogP contribution in [0.4, 0.5) is 5.69 Å². The Labute approximate surface area is 127 Å². The van der Waals surface area contributed by atoms with Crippen molar-refractivity contribution in [3.8, 4) is 17.1 Å². The summed E-state index contributed by atoms with van der Waals surface area (Å²) in [5.41, 5.74) is 2.38. The Hall–Kier alpha value is -3.15. The number of ether oxygens (including phenoxy) is 1. The molecule has 1 amide bonds. The predicted molar refractivity (Wildman–Crippen MR) is 82.8 cm³/mol. The monoisotopic (exact) mass is 294 g/mol. The van der Waals surface area contributed by atoms with E-state index in [0.717, 1.165) is 0 Å². The first-order chi connectivity index (χ1) is 10.8. The Balaban J connectivity index is 1.88. The number of methoxy groups -OCH3 is 1. The van der Waals surface area contributed by atoms with Crippen LogP contribution >= 0.6 is 0 Å². The molecule has 0 aliphatic carbocycles. The molecule has 22 heavy (non-hydrogen) atoms. The van der Waals surface area contributed by atoms with Gasteiger partial charge in [0.05, 0.1) is 30.3 Å². The molecule has 0 atom stereocenters. The van der Waals surface area contributed by atoms with E-state index in [-0.39, 0.29) is 5.91 Å². The predicted octanol–water partition coefficient (Wildman–Crippen LogP) is 2.73. The zero-order valence-electron chi connectivity index (χ0n) is 11.9. The minimum atomic E-state index is -0.268. The molecule has 0 saturated carbocycles. The maximum Gasteiger partial charge on any atom is 0.259 e. The highest BCUT2D eigenvalue weighted by Crippen LogP contribution is 2.25. The fourth-order valence-corrected chi connectivity index (χ4v) is 2.11. The van der Waals surface area contributed by atoms with Gasteiger partial charge in [-0.15, -0.1) is 0 Å². The summed E-state index contributed by atoms with van der Waals surface area (Å²) in [5, 5.41) is 9.65. The average molecular weight is 294 g/mol. The second-order valence-corrected chi connectivity index (χ2v) is 4.53. The second-order valence-electron chi connectivity index (χ2n) is 4.53. The molecule has 0 fully saturated rings. The number of hydrogen-bond acceptors (Lipinski definition) is 4. The van der Waals surface area contributed by atoms with E-state index in [1.54, 1.807) is 30.6 Å². The van der Waals surface area contributed by atoms with Gasteiger partial charge in [-0.25, -0.2) is 0 Å². The molecular formula is C16H14N4O2. The number of amides is 1. The molecule has 3 aromatic rings. The minimum Gasteiger partial charge on any atom is -0.496 e. The van der Waals surface area contributed by atoms with Gasteiger partial charge in [0.1, 0.15) is 11.4 Å². The molecule has 2 N–H and O–H groups in total. The van der Waals surface area contributed by atoms with E-state index in [9.17, 15) is 4.79 Å². The van der Waals surface area contributed by atoms with Crippen molar-refractivity contribution in [1.82, 2.24) is 15.2 Å². The number of carbonyl (C=O) groups is 1. The molecule has 0 unspecified atom stereocenters. The molecule has 0 aliphatic rings. The van der Waals surface area contributed by atoms with Gasteiger partial charge in [0, 0.05) is 6.20 Å². The quantitative estimate of drug-likeness (QED) is 0.775. The van der Waals surface area contributed by atoms with Gasteiger partial charge in [-0.3, -0.25) is 14.9 Å². The van der Waals surface area contributed by atoms with Gasteiger partial charge >= 0.3 is 0 Å². The van der Waals surface area contributed by atoms with Crippen molar-refractivity contribution in [2.24, 2.45) is 0 Å². The molecule has 2 heterocycles. The van der Waals surface area contributed by atoms with Gasteiger partial charge in [-0.2, -0.15) is 5.10 Å². The maximum absolute atomic E-state index is 12.4. The number of carbonyl (C=O) groups excluding carboxylic acids is 1. The van der Waals surface area contributed by atoms with Crippen LogP contribution in [-0.2, 0) is 0 Å². The van der Waals surface area contributed by atoms with E-state index >= 15 is 0 Å². The van der Waals surface area contributed by atoms with Crippen LogP contribution in [0, 0.1) is 0 Å².